The number of hydrogen-bond acceptors (Lipinski definition) is 6. The first-order chi connectivity index (χ1) is 12.7. The van der Waals surface area contributed by atoms with Gasteiger partial charge in [-0.05, 0) is 25.0 Å². The van der Waals surface area contributed by atoms with Crippen LogP contribution in [0.4, 0.5) is 0 Å². The summed E-state index contributed by atoms with van der Waals surface area (Å²) in [5.41, 5.74) is 0.328. The summed E-state index contributed by atoms with van der Waals surface area (Å²) >= 11 is 0. The molecule has 3 atom stereocenters. The topological polar surface area (TPSA) is 101 Å². The van der Waals surface area contributed by atoms with Gasteiger partial charge >= 0.3 is 0 Å². The molecule has 8 nitrogen and oxygen atoms in total. The summed E-state index contributed by atoms with van der Waals surface area (Å²) in [5, 5.41) is 12.5. The van der Waals surface area contributed by atoms with Gasteiger partial charge in [0.25, 0.3) is 5.91 Å². The average Bonchev–Trinajstić information content (AvgIpc) is 2.70. The van der Waals surface area contributed by atoms with Gasteiger partial charge < -0.3 is 24.8 Å². The van der Waals surface area contributed by atoms with E-state index in [-0.39, 0.29) is 37.0 Å². The molecule has 26 heavy (non-hydrogen) atoms. The van der Waals surface area contributed by atoms with E-state index in [2.05, 4.69) is 10.3 Å². The first kappa shape index (κ1) is 18.8. The Morgan fingerprint density at radius 3 is 2.77 bits per heavy atom. The molecule has 2 aliphatic heterocycles. The number of carbonyl (C=O) groups excluding carboxylic acids is 2. The predicted octanol–water partition coefficient (Wildman–Crippen LogP) is -0.0312. The summed E-state index contributed by atoms with van der Waals surface area (Å²) in [7, 11) is 0. The zero-order valence-electron chi connectivity index (χ0n) is 14.7. The Hall–Kier alpha value is -2.03. The molecule has 0 unspecified atom stereocenters. The molecule has 142 valence electrons. The number of morpholine rings is 1. The van der Waals surface area contributed by atoms with Crippen molar-refractivity contribution in [2.75, 3.05) is 32.9 Å². The Kier molecular flexibility index (Phi) is 6.54. The third-order valence-electron chi connectivity index (χ3n) is 4.78. The van der Waals surface area contributed by atoms with Crippen LogP contribution in [0.1, 0.15) is 29.8 Å². The van der Waals surface area contributed by atoms with Gasteiger partial charge in [0.1, 0.15) is 11.8 Å². The van der Waals surface area contributed by atoms with Crippen molar-refractivity contribution < 1.29 is 24.2 Å². The molecule has 2 amide bonds. The fraction of sp³-hybridized carbons (Fsp3) is 0.611. The number of aliphatic hydroxyl groups excluding tert-OH is 1. The number of nitrogens with one attached hydrogen (secondary N) is 1. The molecule has 8 heteroatoms. The molecule has 2 N–H and O–H groups in total. The van der Waals surface area contributed by atoms with E-state index < -0.39 is 6.10 Å². The van der Waals surface area contributed by atoms with Crippen LogP contribution in [-0.2, 0) is 14.3 Å². The molecular formula is C18H25N3O5. The van der Waals surface area contributed by atoms with Gasteiger partial charge in [0.2, 0.25) is 5.91 Å². The van der Waals surface area contributed by atoms with Crippen LogP contribution in [0.25, 0.3) is 0 Å². The Morgan fingerprint density at radius 2 is 2.08 bits per heavy atom. The molecule has 0 bridgehead atoms. The quantitative estimate of drug-likeness (QED) is 0.762. The zero-order chi connectivity index (χ0) is 18.4. The number of carbonyl (C=O) groups is 2. The first-order valence-corrected chi connectivity index (χ1v) is 9.01. The molecule has 1 aromatic rings. The van der Waals surface area contributed by atoms with Gasteiger partial charge in [-0.1, -0.05) is 6.07 Å². The molecule has 0 spiro atoms. The monoisotopic (exact) mass is 363 g/mol. The van der Waals surface area contributed by atoms with Gasteiger partial charge in [-0.25, -0.2) is 0 Å². The van der Waals surface area contributed by atoms with Gasteiger partial charge in [-0.15, -0.1) is 0 Å². The van der Waals surface area contributed by atoms with Gasteiger partial charge in [0, 0.05) is 19.3 Å². The molecule has 1 aromatic heterocycles. The van der Waals surface area contributed by atoms with Crippen molar-refractivity contribution in [3.05, 3.63) is 30.1 Å². The lowest BCUT2D eigenvalue weighted by molar-refractivity contribution is -0.143. The van der Waals surface area contributed by atoms with E-state index in [0.29, 0.717) is 44.8 Å². The normalized spacial score (nSPS) is 26.3. The van der Waals surface area contributed by atoms with E-state index in [9.17, 15) is 14.7 Å². The number of hydrogen-bond donors (Lipinski definition) is 2. The number of nitrogens with zero attached hydrogens (tertiary/aromatic N) is 2. The Bertz CT molecular complexity index is 606. The number of aromatic nitrogens is 1. The summed E-state index contributed by atoms with van der Waals surface area (Å²) in [6, 6.07) is 4.82. The van der Waals surface area contributed by atoms with Crippen molar-refractivity contribution >= 4 is 11.8 Å². The second-order valence-corrected chi connectivity index (χ2v) is 6.55. The van der Waals surface area contributed by atoms with Crippen LogP contribution in [0.2, 0.25) is 0 Å². The van der Waals surface area contributed by atoms with Gasteiger partial charge in [-0.2, -0.15) is 0 Å². The van der Waals surface area contributed by atoms with Gasteiger partial charge in [0.15, 0.2) is 0 Å². The van der Waals surface area contributed by atoms with Crippen LogP contribution >= 0.6 is 0 Å². The maximum Gasteiger partial charge on any atom is 0.270 e. The average molecular weight is 363 g/mol. The summed E-state index contributed by atoms with van der Waals surface area (Å²) in [4.78, 5) is 30.4. The highest BCUT2D eigenvalue weighted by atomic mass is 16.5. The molecule has 2 fully saturated rings. The number of amides is 2. The van der Waals surface area contributed by atoms with E-state index in [1.165, 1.54) is 0 Å². The van der Waals surface area contributed by atoms with Gasteiger partial charge in [-0.3, -0.25) is 14.6 Å². The summed E-state index contributed by atoms with van der Waals surface area (Å²) < 4.78 is 11.1. The minimum atomic E-state index is -0.529. The number of pyridine rings is 1. The van der Waals surface area contributed by atoms with E-state index in [0.717, 1.165) is 0 Å². The van der Waals surface area contributed by atoms with E-state index in [1.54, 1.807) is 29.3 Å². The second kappa shape index (κ2) is 9.07. The smallest absolute Gasteiger partial charge is 0.270 e. The highest BCUT2D eigenvalue weighted by Crippen LogP contribution is 2.23. The minimum Gasteiger partial charge on any atom is -0.394 e. The maximum atomic E-state index is 12.4. The zero-order valence-corrected chi connectivity index (χ0v) is 14.7. The molecule has 2 aliphatic rings. The molecule has 2 saturated heterocycles. The summed E-state index contributed by atoms with van der Waals surface area (Å²) in [6.45, 7) is 2.14. The number of aliphatic hydroxyl groups is 1. The maximum absolute atomic E-state index is 12.4. The minimum absolute atomic E-state index is 0.0472. The van der Waals surface area contributed by atoms with Gasteiger partial charge in [0.05, 0.1) is 38.4 Å². The second-order valence-electron chi connectivity index (χ2n) is 6.55. The Balaban J connectivity index is 1.51. The highest BCUT2D eigenvalue weighted by molar-refractivity contribution is 5.92. The predicted molar refractivity (Wildman–Crippen MR) is 92.5 cm³/mol. The van der Waals surface area contributed by atoms with Crippen LogP contribution in [0.5, 0.6) is 0 Å². The molecule has 0 radical (unpaired) electrons. The third kappa shape index (κ3) is 4.78. The van der Waals surface area contributed by atoms with Crippen molar-refractivity contribution in [1.29, 1.82) is 0 Å². The third-order valence-corrected chi connectivity index (χ3v) is 4.78. The molecule has 0 aromatic carbocycles. The lowest BCUT2D eigenvalue weighted by atomic mass is 9.96. The number of rotatable bonds is 5. The molecule has 0 aliphatic carbocycles. The van der Waals surface area contributed by atoms with Crippen molar-refractivity contribution in [2.24, 2.45) is 0 Å². The molecule has 3 heterocycles. The lowest BCUT2D eigenvalue weighted by Crippen LogP contribution is -2.52. The van der Waals surface area contributed by atoms with Crippen LogP contribution < -0.4 is 5.32 Å². The summed E-state index contributed by atoms with van der Waals surface area (Å²) in [5.74, 6) is -0.244. The van der Waals surface area contributed by atoms with Crippen molar-refractivity contribution in [2.45, 2.75) is 37.5 Å². The van der Waals surface area contributed by atoms with E-state index in [4.69, 9.17) is 9.47 Å². The van der Waals surface area contributed by atoms with Crippen molar-refractivity contribution in [3.8, 4) is 0 Å². The van der Waals surface area contributed by atoms with Crippen LogP contribution in [0.3, 0.4) is 0 Å². The fourth-order valence-corrected chi connectivity index (χ4v) is 3.32. The van der Waals surface area contributed by atoms with E-state index >= 15 is 0 Å². The molecule has 3 rings (SSSR count). The number of ether oxygens (including phenoxy) is 2. The van der Waals surface area contributed by atoms with E-state index in [1.807, 2.05) is 0 Å². The van der Waals surface area contributed by atoms with Crippen LogP contribution in [0.15, 0.2) is 24.4 Å². The Labute approximate surface area is 152 Å². The van der Waals surface area contributed by atoms with Crippen molar-refractivity contribution in [3.63, 3.8) is 0 Å². The van der Waals surface area contributed by atoms with Crippen LogP contribution in [-0.4, -0.2) is 78.0 Å². The molecular weight excluding hydrogens is 338 g/mol. The fourth-order valence-electron chi connectivity index (χ4n) is 3.32. The molecule has 0 saturated carbocycles. The lowest BCUT2D eigenvalue weighted by Gasteiger charge is -2.37. The first-order valence-electron chi connectivity index (χ1n) is 9.01. The highest BCUT2D eigenvalue weighted by Gasteiger charge is 2.34. The van der Waals surface area contributed by atoms with Crippen molar-refractivity contribution in [1.82, 2.24) is 15.2 Å². The van der Waals surface area contributed by atoms with Crippen LogP contribution in [0, 0.1) is 0 Å². The SMILES string of the molecule is O=C(N[C@@H]1CC[C@H](CC(=O)N2CCOCC2)O[C@H]1CO)c1ccccn1. The summed E-state index contributed by atoms with van der Waals surface area (Å²) in [6.07, 6.45) is 2.37. The Morgan fingerprint density at radius 1 is 1.27 bits per heavy atom. The standard InChI is InChI=1S/C18H25N3O5/c22-12-16-14(20-18(24)15-3-1-2-6-19-15)5-4-13(26-16)11-17(23)21-7-9-25-10-8-21/h1-3,6,13-14,16,22H,4-5,7-12H2,(H,20,24)/t13-,14-,16+/m1/s1. The largest absolute Gasteiger partial charge is 0.394 e.